The van der Waals surface area contributed by atoms with E-state index in [1.807, 2.05) is 60.7 Å². The van der Waals surface area contributed by atoms with Crippen molar-refractivity contribution in [3.63, 3.8) is 0 Å². The van der Waals surface area contributed by atoms with Gasteiger partial charge in [0.1, 0.15) is 8.75 Å². The third kappa shape index (κ3) is 14.6. The minimum absolute atomic E-state index is 0.232. The molecule has 0 saturated heterocycles. The Balaban J connectivity index is 2.14. The van der Waals surface area contributed by atoms with Crippen molar-refractivity contribution in [3.05, 3.63) is 71.8 Å². The van der Waals surface area contributed by atoms with Gasteiger partial charge in [-0.1, -0.05) is 108 Å². The van der Waals surface area contributed by atoms with E-state index in [0.29, 0.717) is 31.8 Å². The number of hydrogen-bond donors (Lipinski definition) is 0. The van der Waals surface area contributed by atoms with Crippen LogP contribution in [0.3, 0.4) is 0 Å². The molecule has 2 aromatic rings. The maximum Gasteiger partial charge on any atom is 0.455 e. The van der Waals surface area contributed by atoms with Gasteiger partial charge < -0.3 is 0 Å². The molecule has 14 heteroatoms. The normalized spacial score (nSPS) is 13.1. The predicted octanol–water partition coefficient (Wildman–Crippen LogP) is 9.39. The van der Waals surface area contributed by atoms with Gasteiger partial charge in [-0.15, -0.1) is 0 Å². The van der Waals surface area contributed by atoms with E-state index in [-0.39, 0.29) is 26.4 Å². The summed E-state index contributed by atoms with van der Waals surface area (Å²) in [7, 11) is -7.22. The Kier molecular flexibility index (Phi) is 18.2. The summed E-state index contributed by atoms with van der Waals surface area (Å²) in [5.41, 5.74) is 2.26. The van der Waals surface area contributed by atoms with Crippen LogP contribution in [0.5, 0.6) is 0 Å². The molecule has 0 aliphatic carbocycles. The van der Waals surface area contributed by atoms with E-state index in [2.05, 4.69) is 9.53 Å². The van der Waals surface area contributed by atoms with Gasteiger partial charge in [0.2, 0.25) is 0 Å². The average molecular weight is 665 g/mol. The van der Waals surface area contributed by atoms with Gasteiger partial charge in [-0.25, -0.2) is 9.13 Å². The van der Waals surface area contributed by atoms with Gasteiger partial charge in [0, 0.05) is 23.0 Å². The van der Waals surface area contributed by atoms with Crippen LogP contribution in [0.25, 0.3) is 0 Å². The molecule has 222 valence electrons. The lowest BCUT2D eigenvalue weighted by atomic mass is 10.2. The molecule has 0 fully saturated rings. The third-order valence-corrected chi connectivity index (χ3v) is 13.1. The van der Waals surface area contributed by atoms with Crippen LogP contribution in [0.1, 0.15) is 38.8 Å². The van der Waals surface area contributed by atoms with E-state index in [9.17, 15) is 9.13 Å². The molecule has 0 N–H and O–H groups in total. The number of thioether (sulfide) groups is 4. The fraction of sp³-hybridized carbons (Fsp3) is 0.462. The SMILES string of the molecule is CCOP(=O)(N=C(SCCSC(=NP(=O)(OCC)OCC)SCc1ccccc1)SCc1ccccc1)OCC. The van der Waals surface area contributed by atoms with Crippen LogP contribution in [0, 0.1) is 0 Å². The van der Waals surface area contributed by atoms with Crippen LogP contribution in [-0.2, 0) is 38.7 Å². The van der Waals surface area contributed by atoms with E-state index in [1.54, 1.807) is 27.7 Å². The van der Waals surface area contributed by atoms with Gasteiger partial charge in [-0.2, -0.15) is 9.53 Å². The van der Waals surface area contributed by atoms with Gasteiger partial charge in [0.15, 0.2) is 0 Å². The molecule has 0 heterocycles. The Hall–Kier alpha value is -0.520. The largest absolute Gasteiger partial charge is 0.455 e. The van der Waals surface area contributed by atoms with Crippen LogP contribution >= 0.6 is 62.5 Å². The van der Waals surface area contributed by atoms with Gasteiger partial charge in [-0.05, 0) is 38.8 Å². The summed E-state index contributed by atoms with van der Waals surface area (Å²) >= 11 is 5.95. The summed E-state index contributed by atoms with van der Waals surface area (Å²) in [4.78, 5) is 0. The molecule has 0 bridgehead atoms. The molecular weight excluding hydrogens is 627 g/mol. The topological polar surface area (TPSA) is 95.8 Å². The molecule has 8 nitrogen and oxygen atoms in total. The molecule has 2 aromatic carbocycles. The standard InChI is InChI=1S/C26H38N2O6P2S4/c1-5-31-35(29,32-6-2)27-25(39-21-23-15-11-9-12-16-23)37-19-20-38-26(28-36(30,33-7-3)34-8-4)40-22-24-17-13-10-14-18-24/h9-18H,5-8,19-22H2,1-4H3. The molecule has 40 heavy (non-hydrogen) atoms. The Labute approximate surface area is 255 Å². The highest BCUT2D eigenvalue weighted by molar-refractivity contribution is 8.40. The van der Waals surface area contributed by atoms with Crippen LogP contribution in [0.2, 0.25) is 0 Å². The summed E-state index contributed by atoms with van der Waals surface area (Å²) in [6.07, 6.45) is 0. The van der Waals surface area contributed by atoms with Gasteiger partial charge in [-0.3, -0.25) is 18.1 Å². The average Bonchev–Trinajstić information content (AvgIpc) is 2.94. The summed E-state index contributed by atoms with van der Waals surface area (Å²) < 4.78 is 58.0. The first kappa shape index (κ1) is 35.7. The first-order valence-corrected chi connectivity index (χ1v) is 19.9. The maximum atomic E-state index is 13.1. The quantitative estimate of drug-likeness (QED) is 0.0704. The fourth-order valence-corrected chi connectivity index (χ4v) is 10.6. The third-order valence-electron chi connectivity index (χ3n) is 4.52. The molecule has 0 spiro atoms. The molecule has 0 aromatic heterocycles. The second kappa shape index (κ2) is 20.4. The lowest BCUT2D eigenvalue weighted by Crippen LogP contribution is -2.00. The first-order valence-electron chi connectivity index (χ1n) is 12.9. The minimum Gasteiger partial charge on any atom is -0.291 e. The van der Waals surface area contributed by atoms with Crippen LogP contribution in [0.15, 0.2) is 70.2 Å². The van der Waals surface area contributed by atoms with E-state index in [0.717, 1.165) is 11.1 Å². The lowest BCUT2D eigenvalue weighted by molar-refractivity contribution is 0.220. The van der Waals surface area contributed by atoms with Gasteiger partial charge in [0.05, 0.1) is 26.4 Å². The van der Waals surface area contributed by atoms with Crippen molar-refractivity contribution < 1.29 is 27.2 Å². The second-order valence-electron chi connectivity index (χ2n) is 7.59. The van der Waals surface area contributed by atoms with Gasteiger partial charge >= 0.3 is 15.5 Å². The highest BCUT2D eigenvalue weighted by Crippen LogP contribution is 2.52. The molecule has 2 rings (SSSR count). The number of benzene rings is 2. The van der Waals surface area contributed by atoms with Crippen LogP contribution in [0.4, 0.5) is 0 Å². The zero-order valence-electron chi connectivity index (χ0n) is 23.3. The molecule has 0 radical (unpaired) electrons. The first-order chi connectivity index (χ1) is 19.3. The number of rotatable bonds is 17. The lowest BCUT2D eigenvalue weighted by Gasteiger charge is -2.15. The summed E-state index contributed by atoms with van der Waals surface area (Å²) in [5.74, 6) is 2.62. The summed E-state index contributed by atoms with van der Waals surface area (Å²) in [6.45, 7) is 7.98. The predicted molar refractivity (Wildman–Crippen MR) is 177 cm³/mol. The molecular formula is C26H38N2O6P2S4. The Morgan fingerprint density at radius 1 is 0.575 bits per heavy atom. The van der Waals surface area contributed by atoms with E-state index >= 15 is 0 Å². The van der Waals surface area contributed by atoms with Crippen molar-refractivity contribution in [1.82, 2.24) is 0 Å². The van der Waals surface area contributed by atoms with Crippen molar-refractivity contribution in [2.75, 3.05) is 37.9 Å². The van der Waals surface area contributed by atoms with Crippen molar-refractivity contribution in [2.45, 2.75) is 39.2 Å². The van der Waals surface area contributed by atoms with Crippen molar-refractivity contribution in [3.8, 4) is 0 Å². The second-order valence-corrected chi connectivity index (χ2v) is 15.5. The van der Waals surface area contributed by atoms with E-state index in [1.165, 1.54) is 47.0 Å². The van der Waals surface area contributed by atoms with Crippen LogP contribution in [-0.4, -0.2) is 46.7 Å². The van der Waals surface area contributed by atoms with Gasteiger partial charge in [0.25, 0.3) is 0 Å². The monoisotopic (exact) mass is 664 g/mol. The minimum atomic E-state index is -3.61. The van der Waals surface area contributed by atoms with E-state index < -0.39 is 15.5 Å². The van der Waals surface area contributed by atoms with Crippen molar-refractivity contribution >= 4 is 71.3 Å². The molecule has 0 unspecified atom stereocenters. The smallest absolute Gasteiger partial charge is 0.291 e. The van der Waals surface area contributed by atoms with Crippen molar-refractivity contribution in [2.24, 2.45) is 9.53 Å². The van der Waals surface area contributed by atoms with Crippen molar-refractivity contribution in [1.29, 1.82) is 0 Å². The molecule has 0 atom stereocenters. The zero-order valence-corrected chi connectivity index (χ0v) is 28.4. The highest BCUT2D eigenvalue weighted by Gasteiger charge is 2.25. The van der Waals surface area contributed by atoms with Crippen LogP contribution < -0.4 is 0 Å². The fourth-order valence-electron chi connectivity index (χ4n) is 2.94. The highest BCUT2D eigenvalue weighted by atomic mass is 32.2. The Morgan fingerprint density at radius 3 is 1.20 bits per heavy atom. The number of hydrogen-bond acceptors (Lipinski definition) is 10. The summed E-state index contributed by atoms with van der Waals surface area (Å²) in [6, 6.07) is 20.0. The summed E-state index contributed by atoms with van der Waals surface area (Å²) in [5, 5.41) is 0. The maximum absolute atomic E-state index is 13.1. The Morgan fingerprint density at radius 2 is 0.900 bits per heavy atom. The number of nitrogens with zero attached hydrogens (tertiary/aromatic N) is 2. The molecule has 0 aliphatic heterocycles. The molecule has 0 amide bonds. The molecule has 0 saturated carbocycles. The molecule has 0 aliphatic rings. The zero-order chi connectivity index (χ0) is 29.1. The Bertz CT molecular complexity index is 1030. The van der Waals surface area contributed by atoms with E-state index in [4.69, 9.17) is 18.1 Å².